The van der Waals surface area contributed by atoms with Crippen LogP contribution < -0.4 is 15.4 Å². The van der Waals surface area contributed by atoms with Crippen LogP contribution in [0.5, 0.6) is 5.75 Å². The van der Waals surface area contributed by atoms with Crippen LogP contribution in [-0.4, -0.2) is 44.4 Å². The molecule has 0 saturated carbocycles. The van der Waals surface area contributed by atoms with E-state index in [1.165, 1.54) is 12.8 Å². The average molecular weight is 318 g/mol. The van der Waals surface area contributed by atoms with E-state index in [0.717, 1.165) is 25.0 Å². The maximum absolute atomic E-state index is 12.5. The molecule has 2 atom stereocenters. The van der Waals surface area contributed by atoms with Crippen molar-refractivity contribution >= 4 is 5.91 Å². The summed E-state index contributed by atoms with van der Waals surface area (Å²) in [6, 6.07) is 8.85. The molecule has 0 aliphatic carbocycles. The number of piperidine rings is 1. The lowest BCUT2D eigenvalue weighted by molar-refractivity contribution is 0.0923. The molecular formula is C18H26N2O3. The number of ether oxygens (including phenoxy) is 2. The van der Waals surface area contributed by atoms with Crippen LogP contribution in [0.25, 0.3) is 0 Å². The first-order valence-electron chi connectivity index (χ1n) is 8.53. The molecule has 23 heavy (non-hydrogen) atoms. The highest BCUT2D eigenvalue weighted by atomic mass is 16.5. The highest BCUT2D eigenvalue weighted by molar-refractivity contribution is 5.94. The van der Waals surface area contributed by atoms with Crippen LogP contribution in [0.2, 0.25) is 0 Å². The molecule has 2 aliphatic heterocycles. The molecule has 5 heteroatoms. The fraction of sp³-hybridized carbons (Fsp3) is 0.611. The van der Waals surface area contributed by atoms with Crippen molar-refractivity contribution in [1.29, 1.82) is 0 Å². The van der Waals surface area contributed by atoms with Crippen molar-refractivity contribution in [3.8, 4) is 5.75 Å². The van der Waals surface area contributed by atoms with Crippen LogP contribution in [0.1, 0.15) is 42.5 Å². The quantitative estimate of drug-likeness (QED) is 0.756. The molecule has 0 aromatic heterocycles. The Morgan fingerprint density at radius 2 is 2.04 bits per heavy atom. The number of hydrogen-bond donors (Lipinski definition) is 2. The minimum atomic E-state index is -0.00126. The normalized spacial score (nSPS) is 26.0. The molecule has 3 rings (SSSR count). The van der Waals surface area contributed by atoms with E-state index in [1.807, 2.05) is 24.3 Å². The van der Waals surface area contributed by atoms with Crippen molar-refractivity contribution in [2.24, 2.45) is 0 Å². The van der Waals surface area contributed by atoms with E-state index < -0.39 is 0 Å². The third-order valence-corrected chi connectivity index (χ3v) is 4.67. The molecule has 2 fully saturated rings. The van der Waals surface area contributed by atoms with Crippen molar-refractivity contribution in [2.45, 2.75) is 50.2 Å². The van der Waals surface area contributed by atoms with E-state index >= 15 is 0 Å². The number of nitrogens with one attached hydrogen (secondary N) is 2. The van der Waals surface area contributed by atoms with Crippen LogP contribution >= 0.6 is 0 Å². The highest BCUT2D eigenvalue weighted by Crippen LogP contribution is 2.27. The molecule has 5 nitrogen and oxygen atoms in total. The molecule has 2 bridgehead atoms. The van der Waals surface area contributed by atoms with Gasteiger partial charge in [0.1, 0.15) is 5.75 Å². The Hall–Kier alpha value is -1.59. The number of fused-ring (bicyclic) bond motifs is 2. The van der Waals surface area contributed by atoms with E-state index in [-0.39, 0.29) is 11.9 Å². The van der Waals surface area contributed by atoms with E-state index in [0.29, 0.717) is 30.9 Å². The Labute approximate surface area is 137 Å². The molecule has 2 aliphatic rings. The van der Waals surface area contributed by atoms with Crippen molar-refractivity contribution in [3.63, 3.8) is 0 Å². The molecule has 2 N–H and O–H groups in total. The summed E-state index contributed by atoms with van der Waals surface area (Å²) >= 11 is 0. The smallest absolute Gasteiger partial charge is 0.251 e. The molecule has 0 radical (unpaired) electrons. The first-order chi connectivity index (χ1) is 11.2. The lowest BCUT2D eigenvalue weighted by Crippen LogP contribution is -2.48. The molecule has 1 amide bonds. The minimum absolute atomic E-state index is 0.00126. The van der Waals surface area contributed by atoms with Crippen molar-refractivity contribution in [2.75, 3.05) is 20.3 Å². The maximum atomic E-state index is 12.5. The zero-order valence-corrected chi connectivity index (χ0v) is 13.7. The lowest BCUT2D eigenvalue weighted by Gasteiger charge is -2.29. The Morgan fingerprint density at radius 3 is 2.78 bits per heavy atom. The summed E-state index contributed by atoms with van der Waals surface area (Å²) in [7, 11) is 1.68. The predicted molar refractivity (Wildman–Crippen MR) is 88.9 cm³/mol. The number of benzene rings is 1. The SMILES string of the molecule is COCCCOc1cccc(C(=O)NC2CC3CCC(C2)N3)c1. The molecular weight excluding hydrogens is 292 g/mol. The molecule has 2 heterocycles. The highest BCUT2D eigenvalue weighted by Gasteiger charge is 2.34. The molecule has 126 valence electrons. The van der Waals surface area contributed by atoms with Gasteiger partial charge in [-0.1, -0.05) is 6.07 Å². The van der Waals surface area contributed by atoms with E-state index in [1.54, 1.807) is 7.11 Å². The van der Waals surface area contributed by atoms with E-state index in [4.69, 9.17) is 9.47 Å². The van der Waals surface area contributed by atoms with Crippen LogP contribution in [0, 0.1) is 0 Å². The monoisotopic (exact) mass is 318 g/mol. The maximum Gasteiger partial charge on any atom is 0.251 e. The van der Waals surface area contributed by atoms with Gasteiger partial charge in [-0.2, -0.15) is 0 Å². The van der Waals surface area contributed by atoms with Crippen molar-refractivity contribution in [1.82, 2.24) is 10.6 Å². The number of carbonyl (C=O) groups is 1. The van der Waals surface area contributed by atoms with Crippen LogP contribution in [0.4, 0.5) is 0 Å². The number of carbonyl (C=O) groups excluding carboxylic acids is 1. The second-order valence-electron chi connectivity index (χ2n) is 6.50. The second kappa shape index (κ2) is 7.79. The van der Waals surface area contributed by atoms with Crippen LogP contribution in [0.3, 0.4) is 0 Å². The Kier molecular flexibility index (Phi) is 5.51. The van der Waals surface area contributed by atoms with Crippen molar-refractivity contribution < 1.29 is 14.3 Å². The summed E-state index contributed by atoms with van der Waals surface area (Å²) in [4.78, 5) is 12.5. The Morgan fingerprint density at radius 1 is 1.26 bits per heavy atom. The Balaban J connectivity index is 1.52. The zero-order chi connectivity index (χ0) is 16.1. The fourth-order valence-electron chi connectivity index (χ4n) is 3.56. The van der Waals surface area contributed by atoms with Gasteiger partial charge in [0, 0.05) is 43.8 Å². The summed E-state index contributed by atoms with van der Waals surface area (Å²) < 4.78 is 10.7. The van der Waals surface area contributed by atoms with Gasteiger partial charge < -0.3 is 20.1 Å². The molecule has 2 saturated heterocycles. The first kappa shape index (κ1) is 16.3. The predicted octanol–water partition coefficient (Wildman–Crippen LogP) is 2.11. The number of methoxy groups -OCH3 is 1. The second-order valence-corrected chi connectivity index (χ2v) is 6.50. The third-order valence-electron chi connectivity index (χ3n) is 4.67. The number of rotatable bonds is 7. The topological polar surface area (TPSA) is 59.6 Å². The zero-order valence-electron chi connectivity index (χ0n) is 13.7. The standard InChI is InChI=1S/C18H26N2O3/c1-22-8-3-9-23-17-5-2-4-13(10-17)18(21)20-16-11-14-6-7-15(12-16)19-14/h2,4-5,10,14-16,19H,3,6-9,11-12H2,1H3,(H,20,21). The average Bonchev–Trinajstić information content (AvgIpc) is 2.90. The molecule has 0 spiro atoms. The van der Waals surface area contributed by atoms with Gasteiger partial charge in [-0.3, -0.25) is 4.79 Å². The van der Waals surface area contributed by atoms with Gasteiger partial charge in [0.25, 0.3) is 5.91 Å². The number of amides is 1. The minimum Gasteiger partial charge on any atom is -0.493 e. The first-order valence-corrected chi connectivity index (χ1v) is 8.53. The van der Waals surface area contributed by atoms with E-state index in [9.17, 15) is 4.79 Å². The third kappa shape index (κ3) is 4.45. The van der Waals surface area contributed by atoms with Gasteiger partial charge in [0.05, 0.1) is 6.61 Å². The summed E-state index contributed by atoms with van der Waals surface area (Å²) in [5.74, 6) is 0.734. The Bertz CT molecular complexity index is 523. The summed E-state index contributed by atoms with van der Waals surface area (Å²) in [5, 5.41) is 6.78. The van der Waals surface area contributed by atoms with Gasteiger partial charge in [-0.05, 0) is 43.9 Å². The van der Waals surface area contributed by atoms with E-state index in [2.05, 4.69) is 10.6 Å². The number of hydrogen-bond acceptors (Lipinski definition) is 4. The fourth-order valence-corrected chi connectivity index (χ4v) is 3.56. The van der Waals surface area contributed by atoms with Gasteiger partial charge >= 0.3 is 0 Å². The summed E-state index contributed by atoms with van der Waals surface area (Å²) in [6.45, 7) is 1.27. The van der Waals surface area contributed by atoms with Gasteiger partial charge in [-0.25, -0.2) is 0 Å². The summed E-state index contributed by atoms with van der Waals surface area (Å²) in [6.07, 6.45) is 5.39. The largest absolute Gasteiger partial charge is 0.493 e. The van der Waals surface area contributed by atoms with Crippen LogP contribution in [-0.2, 0) is 4.74 Å². The molecule has 1 aromatic carbocycles. The van der Waals surface area contributed by atoms with Gasteiger partial charge in [-0.15, -0.1) is 0 Å². The lowest BCUT2D eigenvalue weighted by atomic mass is 9.99. The summed E-state index contributed by atoms with van der Waals surface area (Å²) in [5.41, 5.74) is 0.667. The molecule has 2 unspecified atom stereocenters. The van der Waals surface area contributed by atoms with Gasteiger partial charge in [0.15, 0.2) is 0 Å². The van der Waals surface area contributed by atoms with Crippen molar-refractivity contribution in [3.05, 3.63) is 29.8 Å². The molecule has 1 aromatic rings. The van der Waals surface area contributed by atoms with Gasteiger partial charge in [0.2, 0.25) is 0 Å². The van der Waals surface area contributed by atoms with Crippen LogP contribution in [0.15, 0.2) is 24.3 Å².